The van der Waals surface area contributed by atoms with Gasteiger partial charge in [0.05, 0.1) is 6.10 Å². The fraction of sp³-hybridized carbons (Fsp3) is 0.917. The van der Waals surface area contributed by atoms with Crippen molar-refractivity contribution in [1.82, 2.24) is 5.32 Å². The van der Waals surface area contributed by atoms with Gasteiger partial charge in [-0.3, -0.25) is 4.79 Å². The molecule has 0 aromatic rings. The lowest BCUT2D eigenvalue weighted by atomic mass is 9.91. The zero-order chi connectivity index (χ0) is 23.7. The van der Waals surface area contributed by atoms with Crippen LogP contribution in [0.3, 0.4) is 0 Å². The lowest BCUT2D eigenvalue weighted by Gasteiger charge is -2.40. The maximum atomic E-state index is 13.4. The van der Waals surface area contributed by atoms with Crippen molar-refractivity contribution in [3.8, 4) is 0 Å². The SMILES string of the molecule is NC(=O)CCNCC(O)CC(F)(F)C(F)(F)C(F)(F)C(F)(F)C(F)(F)C(F)(F)F. The van der Waals surface area contributed by atoms with Gasteiger partial charge in [-0.05, 0) is 0 Å². The summed E-state index contributed by atoms with van der Waals surface area (Å²) in [5.41, 5.74) is 4.67. The summed E-state index contributed by atoms with van der Waals surface area (Å²) in [6, 6.07) is 0. The Hall–Kier alpha value is -1.52. The van der Waals surface area contributed by atoms with Gasteiger partial charge in [-0.2, -0.15) is 57.1 Å². The Bertz CT molecular complexity index is 577. The highest BCUT2D eigenvalue weighted by Gasteiger charge is 2.90. The van der Waals surface area contributed by atoms with E-state index in [9.17, 15) is 61.9 Å². The molecule has 0 aliphatic rings. The Morgan fingerprint density at radius 2 is 1.21 bits per heavy atom. The van der Waals surface area contributed by atoms with Crippen LogP contribution in [0, 0.1) is 0 Å². The molecule has 1 unspecified atom stereocenters. The first kappa shape index (κ1) is 27.5. The molecule has 0 radical (unpaired) electrons. The number of hydrogen-bond donors (Lipinski definition) is 3. The molecule has 1 amide bonds. The van der Waals surface area contributed by atoms with Crippen LogP contribution in [0.25, 0.3) is 0 Å². The number of aliphatic hydroxyl groups is 1. The molecule has 0 fully saturated rings. The Morgan fingerprint density at radius 3 is 1.59 bits per heavy atom. The summed E-state index contributed by atoms with van der Waals surface area (Å²) in [4.78, 5) is 10.4. The van der Waals surface area contributed by atoms with Crippen LogP contribution in [0.5, 0.6) is 0 Å². The van der Waals surface area contributed by atoms with Crippen LogP contribution in [0.15, 0.2) is 0 Å². The van der Waals surface area contributed by atoms with Crippen molar-refractivity contribution in [2.75, 3.05) is 13.1 Å². The van der Waals surface area contributed by atoms with Crippen LogP contribution in [0.2, 0.25) is 0 Å². The highest BCUT2D eigenvalue weighted by Crippen LogP contribution is 2.60. The molecular formula is C12H13F13N2O2. The van der Waals surface area contributed by atoms with Gasteiger partial charge in [0.1, 0.15) is 0 Å². The minimum Gasteiger partial charge on any atom is -0.392 e. The van der Waals surface area contributed by atoms with Gasteiger partial charge in [-0.15, -0.1) is 0 Å². The van der Waals surface area contributed by atoms with Gasteiger partial charge < -0.3 is 16.2 Å². The number of hydrogen-bond acceptors (Lipinski definition) is 3. The molecule has 0 spiro atoms. The van der Waals surface area contributed by atoms with Gasteiger partial charge in [-0.25, -0.2) is 0 Å². The lowest BCUT2D eigenvalue weighted by molar-refractivity contribution is -0.440. The van der Waals surface area contributed by atoms with Gasteiger partial charge in [0.2, 0.25) is 5.91 Å². The van der Waals surface area contributed by atoms with E-state index in [0.717, 1.165) is 0 Å². The highest BCUT2D eigenvalue weighted by molar-refractivity contribution is 5.73. The second-order valence-electron chi connectivity index (χ2n) is 5.78. The number of nitrogens with two attached hydrogens (primary N) is 1. The number of nitrogens with one attached hydrogen (secondary N) is 1. The zero-order valence-electron chi connectivity index (χ0n) is 13.8. The summed E-state index contributed by atoms with van der Waals surface area (Å²) in [5, 5.41) is 11.1. The smallest absolute Gasteiger partial charge is 0.392 e. The fourth-order valence-electron chi connectivity index (χ4n) is 1.78. The first-order valence-electron chi connectivity index (χ1n) is 7.19. The summed E-state index contributed by atoms with van der Waals surface area (Å²) in [6.07, 6.45) is -13.3. The normalized spacial score (nSPS) is 16.1. The van der Waals surface area contributed by atoms with E-state index in [-0.39, 0.29) is 0 Å². The van der Waals surface area contributed by atoms with E-state index in [1.54, 1.807) is 0 Å². The van der Waals surface area contributed by atoms with Crippen molar-refractivity contribution >= 4 is 5.91 Å². The Morgan fingerprint density at radius 1 is 0.793 bits per heavy atom. The van der Waals surface area contributed by atoms with E-state index in [1.165, 1.54) is 0 Å². The topological polar surface area (TPSA) is 75.4 Å². The Balaban J connectivity index is 5.62. The Kier molecular flexibility index (Phi) is 7.88. The molecule has 29 heavy (non-hydrogen) atoms. The van der Waals surface area contributed by atoms with Crippen LogP contribution in [0.1, 0.15) is 12.8 Å². The van der Waals surface area contributed by atoms with Crippen LogP contribution >= 0.6 is 0 Å². The standard InChI is InChI=1S/C12H13F13N2O2/c13-7(14,3-5(28)4-27-2-1-6(26)29)8(15,16)9(17,18)10(19,20)11(21,22)12(23,24)25/h5,27-28H,1-4H2,(H2,26,29). The van der Waals surface area contributed by atoms with Gasteiger partial charge in [-0.1, -0.05) is 0 Å². The number of rotatable bonds is 11. The van der Waals surface area contributed by atoms with Crippen molar-refractivity contribution in [2.24, 2.45) is 5.73 Å². The minimum atomic E-state index is -7.98. The van der Waals surface area contributed by atoms with Crippen molar-refractivity contribution in [3.63, 3.8) is 0 Å². The van der Waals surface area contributed by atoms with Crippen molar-refractivity contribution in [2.45, 2.75) is 54.7 Å². The molecule has 0 aromatic carbocycles. The summed E-state index contributed by atoms with van der Waals surface area (Å²) in [7, 11) is 0. The number of carbonyl (C=O) groups is 1. The van der Waals surface area contributed by atoms with Crippen LogP contribution in [-0.4, -0.2) is 66.0 Å². The molecule has 0 heterocycles. The average Bonchev–Trinajstić information content (AvgIpc) is 2.49. The second kappa shape index (κ2) is 8.31. The maximum absolute atomic E-state index is 13.4. The third-order valence-corrected chi connectivity index (χ3v) is 3.42. The van der Waals surface area contributed by atoms with Crippen molar-refractivity contribution < 1.29 is 67.0 Å². The number of aliphatic hydroxyl groups excluding tert-OH is 1. The van der Waals surface area contributed by atoms with E-state index in [0.29, 0.717) is 0 Å². The van der Waals surface area contributed by atoms with Crippen molar-refractivity contribution in [1.29, 1.82) is 0 Å². The highest BCUT2D eigenvalue weighted by atomic mass is 19.4. The number of halogens is 13. The summed E-state index contributed by atoms with van der Waals surface area (Å²) in [6.45, 7) is -1.51. The molecule has 17 heteroatoms. The predicted molar refractivity (Wildman–Crippen MR) is 68.1 cm³/mol. The summed E-state index contributed by atoms with van der Waals surface area (Å²) < 4.78 is 167. The number of carbonyl (C=O) groups excluding carboxylic acids is 1. The van der Waals surface area contributed by atoms with Gasteiger partial charge >= 0.3 is 35.8 Å². The molecule has 4 N–H and O–H groups in total. The first-order valence-corrected chi connectivity index (χ1v) is 7.19. The number of primary amides is 1. The van der Waals surface area contributed by atoms with E-state index in [1.807, 2.05) is 5.32 Å². The molecule has 0 saturated carbocycles. The predicted octanol–water partition coefficient (Wildman–Crippen LogP) is 2.94. The molecule has 4 nitrogen and oxygen atoms in total. The molecule has 0 aliphatic heterocycles. The third-order valence-electron chi connectivity index (χ3n) is 3.42. The van der Waals surface area contributed by atoms with E-state index < -0.39 is 73.7 Å². The fourth-order valence-corrected chi connectivity index (χ4v) is 1.78. The monoisotopic (exact) mass is 464 g/mol. The summed E-state index contributed by atoms with van der Waals surface area (Å²) >= 11 is 0. The molecule has 0 bridgehead atoms. The largest absolute Gasteiger partial charge is 0.460 e. The van der Waals surface area contributed by atoms with Gasteiger partial charge in [0.25, 0.3) is 0 Å². The molecule has 0 saturated heterocycles. The quantitative estimate of drug-likeness (QED) is 0.325. The molecule has 1 atom stereocenters. The Labute approximate surface area is 153 Å². The first-order chi connectivity index (χ1) is 12.6. The maximum Gasteiger partial charge on any atom is 0.460 e. The van der Waals surface area contributed by atoms with Crippen LogP contribution in [0.4, 0.5) is 57.1 Å². The van der Waals surface area contributed by atoms with E-state index in [2.05, 4.69) is 5.73 Å². The van der Waals surface area contributed by atoms with Crippen molar-refractivity contribution in [3.05, 3.63) is 0 Å². The van der Waals surface area contributed by atoms with Crippen LogP contribution < -0.4 is 11.1 Å². The molecule has 0 rings (SSSR count). The van der Waals surface area contributed by atoms with Crippen LogP contribution in [-0.2, 0) is 4.79 Å². The van der Waals surface area contributed by atoms with Gasteiger partial charge in [0, 0.05) is 25.9 Å². The van der Waals surface area contributed by atoms with Gasteiger partial charge in [0.15, 0.2) is 0 Å². The lowest BCUT2D eigenvalue weighted by Crippen LogP contribution is -2.70. The number of amides is 1. The van der Waals surface area contributed by atoms with E-state index in [4.69, 9.17) is 5.11 Å². The minimum absolute atomic E-state index is 0.416. The summed E-state index contributed by atoms with van der Waals surface area (Å²) in [5.74, 6) is -38.4. The molecule has 0 aromatic heterocycles. The third kappa shape index (κ3) is 5.16. The number of alkyl halides is 13. The molecule has 0 aliphatic carbocycles. The average molecular weight is 464 g/mol. The molecular weight excluding hydrogens is 451 g/mol. The zero-order valence-corrected chi connectivity index (χ0v) is 13.8. The van der Waals surface area contributed by atoms with E-state index >= 15 is 0 Å². The second-order valence-corrected chi connectivity index (χ2v) is 5.78. The molecule has 174 valence electrons.